The minimum Gasteiger partial charge on any atom is -0.477 e. The first-order valence-electron chi connectivity index (χ1n) is 10.5. The van der Waals surface area contributed by atoms with E-state index in [2.05, 4.69) is 10.6 Å². The third kappa shape index (κ3) is 5.22. The molecule has 2 saturated heterocycles. The van der Waals surface area contributed by atoms with Crippen molar-refractivity contribution in [2.24, 2.45) is 11.8 Å². The van der Waals surface area contributed by atoms with Crippen molar-refractivity contribution in [3.63, 3.8) is 0 Å². The summed E-state index contributed by atoms with van der Waals surface area (Å²) >= 11 is 3.27. The van der Waals surface area contributed by atoms with Gasteiger partial charge in [-0.15, -0.1) is 11.8 Å². The Morgan fingerprint density at radius 1 is 1.42 bits per heavy atom. The molecular formula is C20H31N3O6S2. The number of nitrogens with zero attached hydrogens (tertiary/aromatic N) is 1. The summed E-state index contributed by atoms with van der Waals surface area (Å²) in [5, 5.41) is 26.1. The Morgan fingerprint density at radius 2 is 2.16 bits per heavy atom. The average Bonchev–Trinajstić information content (AvgIpc) is 3.25. The predicted octanol–water partition coefficient (Wildman–Crippen LogP) is 0.447. The fourth-order valence-corrected chi connectivity index (χ4v) is 7.04. The van der Waals surface area contributed by atoms with Crippen molar-refractivity contribution < 1.29 is 29.3 Å². The number of hydrogen-bond acceptors (Lipinski definition) is 8. The van der Waals surface area contributed by atoms with Crippen molar-refractivity contribution in [1.82, 2.24) is 15.5 Å². The highest BCUT2D eigenvalue weighted by Gasteiger charge is 2.60. The van der Waals surface area contributed by atoms with Gasteiger partial charge in [0.2, 0.25) is 11.8 Å². The van der Waals surface area contributed by atoms with Gasteiger partial charge in [-0.1, -0.05) is 6.92 Å². The van der Waals surface area contributed by atoms with E-state index >= 15 is 0 Å². The molecule has 11 heteroatoms. The highest BCUT2D eigenvalue weighted by atomic mass is 32.2. The molecule has 0 aromatic rings. The zero-order valence-electron chi connectivity index (χ0n) is 18.0. The van der Waals surface area contributed by atoms with E-state index in [1.54, 1.807) is 30.4 Å². The van der Waals surface area contributed by atoms with Gasteiger partial charge in [-0.3, -0.25) is 9.59 Å². The van der Waals surface area contributed by atoms with Crippen LogP contribution < -0.4 is 10.6 Å². The minimum atomic E-state index is -1.08. The molecule has 31 heavy (non-hydrogen) atoms. The van der Waals surface area contributed by atoms with Crippen LogP contribution in [0.4, 0.5) is 0 Å². The molecule has 9 nitrogen and oxygen atoms in total. The number of aliphatic hydroxyl groups is 1. The smallest absolute Gasteiger partial charge is 0.353 e. The number of hydrogen-bond donors (Lipinski definition) is 4. The molecule has 0 saturated carbocycles. The maximum atomic E-state index is 12.4. The van der Waals surface area contributed by atoms with Crippen LogP contribution in [-0.2, 0) is 19.1 Å². The summed E-state index contributed by atoms with van der Waals surface area (Å²) in [4.78, 5) is 38.1. The topological polar surface area (TPSA) is 128 Å². The molecule has 0 bridgehead atoms. The van der Waals surface area contributed by atoms with Gasteiger partial charge in [0.25, 0.3) is 0 Å². The largest absolute Gasteiger partial charge is 0.477 e. The first-order chi connectivity index (χ1) is 14.8. The second-order valence-electron chi connectivity index (χ2n) is 8.21. The van der Waals surface area contributed by atoms with Crippen LogP contribution in [-0.4, -0.2) is 88.2 Å². The van der Waals surface area contributed by atoms with Crippen LogP contribution in [0.15, 0.2) is 10.6 Å². The molecule has 3 aliphatic rings. The minimum absolute atomic E-state index is 0.0276. The Kier molecular flexibility index (Phi) is 8.31. The molecule has 0 aliphatic carbocycles. The lowest BCUT2D eigenvalue weighted by molar-refractivity contribution is -0.163. The molecule has 3 rings (SSSR count). The van der Waals surface area contributed by atoms with Crippen molar-refractivity contribution in [3.05, 3.63) is 10.6 Å². The molecule has 0 radical (unpaired) electrons. The summed E-state index contributed by atoms with van der Waals surface area (Å²) < 4.78 is 4.81. The normalized spacial score (nSPS) is 30.9. The highest BCUT2D eigenvalue weighted by molar-refractivity contribution is 8.03. The molecule has 0 unspecified atom stereocenters. The third-order valence-corrected chi connectivity index (χ3v) is 8.63. The second-order valence-corrected chi connectivity index (χ2v) is 10.7. The van der Waals surface area contributed by atoms with Crippen LogP contribution in [0.2, 0.25) is 0 Å². The summed E-state index contributed by atoms with van der Waals surface area (Å²) in [6.07, 6.45) is 0.553. The molecule has 2 amide bonds. The maximum absolute atomic E-state index is 12.4. The van der Waals surface area contributed by atoms with E-state index < -0.39 is 18.0 Å². The van der Waals surface area contributed by atoms with Crippen LogP contribution in [0.1, 0.15) is 26.7 Å². The summed E-state index contributed by atoms with van der Waals surface area (Å²) in [6.45, 7) is 4.53. The lowest BCUT2D eigenvalue weighted by Crippen LogP contribution is -2.63. The van der Waals surface area contributed by atoms with E-state index in [0.717, 1.165) is 29.4 Å². The fraction of sp³-hybridized carbons (Fsp3) is 0.750. The van der Waals surface area contributed by atoms with E-state index in [1.165, 1.54) is 12.0 Å². The van der Waals surface area contributed by atoms with Gasteiger partial charge in [0, 0.05) is 53.7 Å². The highest BCUT2D eigenvalue weighted by Crippen LogP contribution is 2.51. The summed E-state index contributed by atoms with van der Waals surface area (Å²) in [7, 11) is 1.53. The number of carboxylic acids is 1. The number of methoxy groups -OCH3 is 1. The number of carbonyl (C=O) groups excluding carboxylic acids is 2. The number of β-lactam (4-membered cyclic amide) rings is 1. The predicted molar refractivity (Wildman–Crippen MR) is 119 cm³/mol. The lowest BCUT2D eigenvalue weighted by Gasteiger charge is -2.46. The molecule has 3 aliphatic heterocycles. The van der Waals surface area contributed by atoms with Crippen LogP contribution in [0.3, 0.4) is 0 Å². The number of aliphatic carboxylic acids is 1. The Labute approximate surface area is 190 Å². The van der Waals surface area contributed by atoms with Crippen LogP contribution in [0, 0.1) is 11.8 Å². The zero-order valence-corrected chi connectivity index (χ0v) is 19.6. The third-order valence-electron chi connectivity index (χ3n) is 5.99. The second kappa shape index (κ2) is 10.6. The molecule has 2 fully saturated rings. The fourth-order valence-electron chi connectivity index (χ4n) is 4.49. The van der Waals surface area contributed by atoms with Gasteiger partial charge in [0.05, 0.1) is 18.1 Å². The number of amides is 2. The van der Waals surface area contributed by atoms with Crippen molar-refractivity contribution in [2.45, 2.75) is 50.1 Å². The average molecular weight is 474 g/mol. The number of fused-ring (bicyclic) bond motifs is 1. The van der Waals surface area contributed by atoms with E-state index in [-0.39, 0.29) is 41.5 Å². The molecular weight excluding hydrogens is 442 g/mol. The van der Waals surface area contributed by atoms with Crippen molar-refractivity contribution in [3.8, 4) is 0 Å². The van der Waals surface area contributed by atoms with Gasteiger partial charge in [-0.2, -0.15) is 11.8 Å². The number of carbonyl (C=O) groups is 3. The van der Waals surface area contributed by atoms with Crippen LogP contribution >= 0.6 is 23.5 Å². The molecule has 0 aromatic heterocycles. The maximum Gasteiger partial charge on any atom is 0.353 e. The van der Waals surface area contributed by atoms with E-state index in [1.807, 2.05) is 6.92 Å². The number of ether oxygens (including phenoxy) is 1. The quantitative estimate of drug-likeness (QED) is 0.192. The van der Waals surface area contributed by atoms with Crippen molar-refractivity contribution in [2.75, 3.05) is 31.9 Å². The van der Waals surface area contributed by atoms with E-state index in [4.69, 9.17) is 4.74 Å². The first-order valence-corrected chi connectivity index (χ1v) is 12.5. The number of nitrogens with one attached hydrogen (secondary N) is 2. The van der Waals surface area contributed by atoms with Gasteiger partial charge in [-0.25, -0.2) is 4.79 Å². The van der Waals surface area contributed by atoms with Gasteiger partial charge in [-0.05, 0) is 13.3 Å². The zero-order chi connectivity index (χ0) is 22.7. The summed E-state index contributed by atoms with van der Waals surface area (Å²) in [5.74, 6) is -0.433. The Morgan fingerprint density at radius 3 is 2.81 bits per heavy atom. The number of thioether (sulfide) groups is 2. The van der Waals surface area contributed by atoms with E-state index in [0.29, 0.717) is 12.5 Å². The summed E-state index contributed by atoms with van der Waals surface area (Å²) in [5.41, 5.74) is 0.0873. The molecule has 174 valence electrons. The van der Waals surface area contributed by atoms with Gasteiger partial charge >= 0.3 is 5.97 Å². The SMILES string of the molecule is COCNC(=O)CCSC[C@@H]1C[C@H](SC2=C(C(=O)O)N3C(=O)[C@H]([C@@H](C)O)[C@H]3[C@H]2C)CN1. The van der Waals surface area contributed by atoms with E-state index in [9.17, 15) is 24.6 Å². The lowest BCUT2D eigenvalue weighted by atomic mass is 9.79. The molecule has 0 spiro atoms. The van der Waals surface area contributed by atoms with Gasteiger partial charge < -0.3 is 30.5 Å². The van der Waals surface area contributed by atoms with Crippen molar-refractivity contribution in [1.29, 1.82) is 0 Å². The number of rotatable bonds is 11. The number of carboxylic acid groups (broad SMARTS) is 1. The van der Waals surface area contributed by atoms with Crippen molar-refractivity contribution >= 4 is 41.3 Å². The molecule has 3 heterocycles. The Hall–Kier alpha value is -1.27. The monoisotopic (exact) mass is 473 g/mol. The van der Waals surface area contributed by atoms with Crippen LogP contribution in [0.25, 0.3) is 0 Å². The van der Waals surface area contributed by atoms with Crippen LogP contribution in [0.5, 0.6) is 0 Å². The molecule has 0 aromatic carbocycles. The number of aliphatic hydroxyl groups excluding tert-OH is 1. The molecule has 4 N–H and O–H groups in total. The standard InChI is InChI=1S/C20H31N3O6S2/c1-10-16-15(11(2)24)19(26)23(16)17(20(27)28)18(10)31-13-6-12(21-7-13)8-30-5-4-14(25)22-9-29-3/h10-13,15-16,21,24H,4-9H2,1-3H3,(H,22,25)(H,27,28)/t10-,11-,12+,13+,15-,16-/m1/s1. The molecule has 6 atom stereocenters. The van der Waals surface area contributed by atoms with Gasteiger partial charge in [0.1, 0.15) is 12.4 Å². The van der Waals surface area contributed by atoms with Gasteiger partial charge in [0.15, 0.2) is 0 Å². The summed E-state index contributed by atoms with van der Waals surface area (Å²) in [6, 6.07) is 0.0325. The first kappa shape index (κ1) is 24.4. The Balaban J connectivity index is 1.51. The Bertz CT molecular complexity index is 746.